The zero-order chi connectivity index (χ0) is 25.0. The van der Waals surface area contributed by atoms with E-state index in [4.69, 9.17) is 15.7 Å². The number of nitrogens with zero attached hydrogens (tertiary/aromatic N) is 5. The Labute approximate surface area is 211 Å². The zero-order valence-corrected chi connectivity index (χ0v) is 20.5. The largest absolute Gasteiger partial charge is 0.368 e. The first-order valence-electron chi connectivity index (χ1n) is 12.0. The van der Waals surface area contributed by atoms with Crippen LogP contribution in [0.4, 0.5) is 25.3 Å². The highest BCUT2D eigenvalue weighted by atomic mass is 32.1. The number of thiazole rings is 1. The van der Waals surface area contributed by atoms with Crippen molar-refractivity contribution >= 4 is 38.7 Å². The van der Waals surface area contributed by atoms with Gasteiger partial charge in [0.05, 0.1) is 5.69 Å². The first kappa shape index (κ1) is 22.8. The van der Waals surface area contributed by atoms with Crippen LogP contribution >= 0.6 is 11.3 Å². The first-order chi connectivity index (χ1) is 17.4. The SMILES string of the molecule is CCN(c1nc(-c2ccc(F)cc2)c(C#N)s1)c1cc(C2CC2)nc2c(F)cc(N3CC(N)C3)cc12. The average Bonchev–Trinajstić information content (AvgIpc) is 3.62. The van der Waals surface area contributed by atoms with Crippen LogP contribution in [0.5, 0.6) is 0 Å². The fourth-order valence-electron chi connectivity index (χ4n) is 4.70. The van der Waals surface area contributed by atoms with Crippen LogP contribution < -0.4 is 15.5 Å². The molecule has 182 valence electrons. The summed E-state index contributed by atoms with van der Waals surface area (Å²) in [6, 6.07) is 13.9. The Morgan fingerprint density at radius 1 is 1.14 bits per heavy atom. The molecular formula is C27H24F2N6S. The number of halogens is 2. The summed E-state index contributed by atoms with van der Waals surface area (Å²) in [4.78, 5) is 14.0. The van der Waals surface area contributed by atoms with Gasteiger partial charge in [0.15, 0.2) is 10.9 Å². The number of nitriles is 1. The number of pyridine rings is 1. The molecule has 9 heteroatoms. The summed E-state index contributed by atoms with van der Waals surface area (Å²) in [6.45, 7) is 3.93. The smallest absolute Gasteiger partial charge is 0.191 e. The molecule has 0 unspecified atom stereocenters. The molecule has 6 rings (SSSR count). The third-order valence-corrected chi connectivity index (χ3v) is 7.78. The van der Waals surface area contributed by atoms with Crippen molar-refractivity contribution in [3.05, 3.63) is 64.7 Å². The van der Waals surface area contributed by atoms with Crippen LogP contribution in [0.1, 0.15) is 36.3 Å². The third-order valence-electron chi connectivity index (χ3n) is 6.79. The van der Waals surface area contributed by atoms with Crippen LogP contribution in [0, 0.1) is 23.0 Å². The Balaban J connectivity index is 1.51. The van der Waals surface area contributed by atoms with Crippen molar-refractivity contribution in [1.82, 2.24) is 9.97 Å². The van der Waals surface area contributed by atoms with E-state index in [0.717, 1.165) is 29.9 Å². The Morgan fingerprint density at radius 2 is 1.89 bits per heavy atom. The quantitative estimate of drug-likeness (QED) is 0.365. The van der Waals surface area contributed by atoms with Gasteiger partial charge in [-0.05, 0) is 62.2 Å². The molecule has 0 bridgehead atoms. The molecule has 2 fully saturated rings. The molecule has 0 amide bonds. The van der Waals surface area contributed by atoms with Gasteiger partial charge >= 0.3 is 0 Å². The number of anilines is 3. The molecule has 2 aromatic heterocycles. The maximum atomic E-state index is 15.4. The number of fused-ring (bicyclic) bond motifs is 1. The minimum absolute atomic E-state index is 0.0929. The van der Waals surface area contributed by atoms with Gasteiger partial charge in [-0.2, -0.15) is 5.26 Å². The van der Waals surface area contributed by atoms with E-state index in [0.29, 0.717) is 57.7 Å². The lowest BCUT2D eigenvalue weighted by atomic mass is 10.0. The lowest BCUT2D eigenvalue weighted by molar-refractivity contribution is 0.518. The molecule has 36 heavy (non-hydrogen) atoms. The molecule has 2 aliphatic rings. The highest BCUT2D eigenvalue weighted by Gasteiger charge is 2.30. The summed E-state index contributed by atoms with van der Waals surface area (Å²) in [5, 5.41) is 11.1. The number of nitrogens with two attached hydrogens (primary N) is 1. The van der Waals surface area contributed by atoms with Gasteiger partial charge in [0.2, 0.25) is 0 Å². The molecule has 6 nitrogen and oxygen atoms in total. The first-order valence-corrected chi connectivity index (χ1v) is 12.9. The van der Waals surface area contributed by atoms with Crippen molar-refractivity contribution in [2.75, 3.05) is 29.4 Å². The minimum atomic E-state index is -0.355. The third kappa shape index (κ3) is 3.96. The molecule has 4 aromatic rings. The summed E-state index contributed by atoms with van der Waals surface area (Å²) in [7, 11) is 0. The van der Waals surface area contributed by atoms with Gasteiger partial charge < -0.3 is 15.5 Å². The van der Waals surface area contributed by atoms with Gasteiger partial charge in [0.25, 0.3) is 0 Å². The predicted octanol–water partition coefficient (Wildman–Crippen LogP) is 5.69. The monoisotopic (exact) mass is 502 g/mol. The maximum absolute atomic E-state index is 15.4. The van der Waals surface area contributed by atoms with Crippen molar-refractivity contribution in [3.63, 3.8) is 0 Å². The van der Waals surface area contributed by atoms with Crippen molar-refractivity contribution in [1.29, 1.82) is 5.26 Å². The summed E-state index contributed by atoms with van der Waals surface area (Å²) in [5.41, 5.74) is 9.98. The summed E-state index contributed by atoms with van der Waals surface area (Å²) in [5.74, 6) is -0.369. The molecule has 1 aliphatic carbocycles. The minimum Gasteiger partial charge on any atom is -0.368 e. The van der Waals surface area contributed by atoms with E-state index in [9.17, 15) is 9.65 Å². The van der Waals surface area contributed by atoms with Crippen LogP contribution in [0.3, 0.4) is 0 Å². The zero-order valence-electron chi connectivity index (χ0n) is 19.7. The molecular weight excluding hydrogens is 478 g/mol. The Bertz CT molecular complexity index is 1500. The molecule has 0 radical (unpaired) electrons. The number of rotatable bonds is 6. The van der Waals surface area contributed by atoms with Crippen LogP contribution in [-0.4, -0.2) is 35.6 Å². The topological polar surface area (TPSA) is 82.1 Å². The number of aromatic nitrogens is 2. The fraction of sp³-hybridized carbons (Fsp3) is 0.296. The van der Waals surface area contributed by atoms with E-state index in [2.05, 4.69) is 11.0 Å². The molecule has 2 N–H and O–H groups in total. The van der Waals surface area contributed by atoms with Crippen molar-refractivity contribution in [3.8, 4) is 17.3 Å². The lowest BCUT2D eigenvalue weighted by Crippen LogP contribution is -2.55. The predicted molar refractivity (Wildman–Crippen MR) is 139 cm³/mol. The van der Waals surface area contributed by atoms with E-state index in [1.807, 2.05) is 24.0 Å². The summed E-state index contributed by atoms with van der Waals surface area (Å²) in [6.07, 6.45) is 2.08. The van der Waals surface area contributed by atoms with Gasteiger partial charge in [-0.25, -0.2) is 18.7 Å². The Kier molecular flexibility index (Phi) is 5.58. The van der Waals surface area contributed by atoms with Gasteiger partial charge in [0, 0.05) is 53.9 Å². The molecule has 1 saturated carbocycles. The highest BCUT2D eigenvalue weighted by molar-refractivity contribution is 7.16. The maximum Gasteiger partial charge on any atom is 0.191 e. The Hall–Kier alpha value is -3.61. The summed E-state index contributed by atoms with van der Waals surface area (Å²) < 4.78 is 28.9. The molecule has 2 aromatic carbocycles. The second kappa shape index (κ2) is 8.80. The lowest BCUT2D eigenvalue weighted by Gasteiger charge is -2.39. The normalized spacial score (nSPS) is 15.7. The van der Waals surface area contributed by atoms with E-state index in [1.54, 1.807) is 18.2 Å². The van der Waals surface area contributed by atoms with Crippen molar-refractivity contribution in [2.45, 2.75) is 31.7 Å². The highest BCUT2D eigenvalue weighted by Crippen LogP contribution is 2.45. The number of benzene rings is 2. The average molecular weight is 503 g/mol. The standard InChI is InChI=1S/C27H24F2N6S/c1-2-35(27-33-25(24(12-30)36-27)16-5-7-17(28)8-6-16)23-11-22(15-3-4-15)32-26-20(23)9-19(10-21(26)29)34-13-18(31)14-34/h5-11,15,18H,2-4,13-14,31H2,1H3. The van der Waals surface area contributed by atoms with Crippen molar-refractivity contribution < 1.29 is 8.78 Å². The van der Waals surface area contributed by atoms with Gasteiger partial charge in [-0.1, -0.05) is 11.3 Å². The molecule has 0 atom stereocenters. The number of hydrogen-bond donors (Lipinski definition) is 1. The van der Waals surface area contributed by atoms with Crippen LogP contribution in [0.2, 0.25) is 0 Å². The molecule has 1 aliphatic heterocycles. The fourth-order valence-corrected chi connectivity index (χ4v) is 5.67. The van der Waals surface area contributed by atoms with Crippen LogP contribution in [0.25, 0.3) is 22.2 Å². The van der Waals surface area contributed by atoms with Crippen LogP contribution in [0.15, 0.2) is 42.5 Å². The van der Waals surface area contributed by atoms with Gasteiger partial charge in [-0.15, -0.1) is 0 Å². The number of hydrogen-bond acceptors (Lipinski definition) is 7. The summed E-state index contributed by atoms with van der Waals surface area (Å²) >= 11 is 1.27. The second-order valence-corrected chi connectivity index (χ2v) is 10.3. The van der Waals surface area contributed by atoms with E-state index < -0.39 is 0 Å². The van der Waals surface area contributed by atoms with E-state index in [-0.39, 0.29) is 17.7 Å². The van der Waals surface area contributed by atoms with E-state index >= 15 is 4.39 Å². The Morgan fingerprint density at radius 3 is 2.53 bits per heavy atom. The van der Waals surface area contributed by atoms with Gasteiger partial charge in [-0.3, -0.25) is 0 Å². The molecule has 3 heterocycles. The van der Waals surface area contributed by atoms with Crippen molar-refractivity contribution in [2.24, 2.45) is 5.73 Å². The van der Waals surface area contributed by atoms with Gasteiger partial charge in [0.1, 0.15) is 28.0 Å². The molecule has 1 saturated heterocycles. The molecule has 0 spiro atoms. The second-order valence-electron chi connectivity index (χ2n) is 9.37. The van der Waals surface area contributed by atoms with E-state index in [1.165, 1.54) is 23.5 Å². The van der Waals surface area contributed by atoms with Crippen LogP contribution in [-0.2, 0) is 0 Å².